The van der Waals surface area contributed by atoms with Gasteiger partial charge in [0.05, 0.1) is 12.6 Å². The molecule has 8 nitrogen and oxygen atoms in total. The number of rotatable bonds is 14. The van der Waals surface area contributed by atoms with Gasteiger partial charge < -0.3 is 20.9 Å². The molecule has 0 saturated carbocycles. The van der Waals surface area contributed by atoms with E-state index in [0.717, 1.165) is 16.7 Å². The summed E-state index contributed by atoms with van der Waals surface area (Å²) in [6.07, 6.45) is 2.85. The van der Waals surface area contributed by atoms with Crippen LogP contribution in [0.3, 0.4) is 0 Å². The van der Waals surface area contributed by atoms with Crippen LogP contribution in [-0.2, 0) is 11.2 Å². The first kappa shape index (κ1) is 35.5. The highest BCUT2D eigenvalue weighted by Gasteiger charge is 2.26. The summed E-state index contributed by atoms with van der Waals surface area (Å²) in [5.41, 5.74) is 4.05. The SMILES string of the molecule is CC[C@H](NC[C@H](Cc1ccccc1)NC(=O)c1cc(C(=O)N2CCCC(F)C2)cc(-c2ccccc2C=NC)c1)C(=O)NCC(C)C. The van der Waals surface area contributed by atoms with Gasteiger partial charge in [0, 0.05) is 55.6 Å². The molecule has 4 rings (SSSR count). The predicted molar refractivity (Wildman–Crippen MR) is 187 cm³/mol. The number of likely N-dealkylation sites (tertiary alicyclic amines) is 1. The average molecular weight is 642 g/mol. The van der Waals surface area contributed by atoms with Crippen molar-refractivity contribution < 1.29 is 18.8 Å². The normalized spacial score (nSPS) is 16.2. The van der Waals surface area contributed by atoms with E-state index in [-0.39, 0.29) is 30.3 Å². The van der Waals surface area contributed by atoms with Crippen LogP contribution in [0.25, 0.3) is 11.1 Å². The van der Waals surface area contributed by atoms with E-state index in [2.05, 4.69) is 20.9 Å². The molecule has 3 amide bonds. The van der Waals surface area contributed by atoms with E-state index in [1.54, 1.807) is 31.5 Å². The molecule has 3 atom stereocenters. The van der Waals surface area contributed by atoms with E-state index >= 15 is 0 Å². The Morgan fingerprint density at radius 2 is 1.72 bits per heavy atom. The van der Waals surface area contributed by atoms with Crippen molar-refractivity contribution in [2.75, 3.05) is 33.2 Å². The van der Waals surface area contributed by atoms with Crippen molar-refractivity contribution in [3.8, 4) is 11.1 Å². The summed E-state index contributed by atoms with van der Waals surface area (Å²) in [6.45, 7) is 7.52. The molecule has 9 heteroatoms. The zero-order chi connectivity index (χ0) is 33.8. The molecule has 0 bridgehead atoms. The third-order valence-electron chi connectivity index (χ3n) is 8.31. The van der Waals surface area contributed by atoms with Gasteiger partial charge in [-0.2, -0.15) is 0 Å². The molecule has 1 fully saturated rings. The van der Waals surface area contributed by atoms with Crippen LogP contribution in [0.1, 0.15) is 71.9 Å². The van der Waals surface area contributed by atoms with Crippen molar-refractivity contribution in [2.24, 2.45) is 10.9 Å². The maximum absolute atomic E-state index is 14.3. The van der Waals surface area contributed by atoms with Crippen LogP contribution in [-0.4, -0.2) is 80.3 Å². The first-order chi connectivity index (χ1) is 22.7. The first-order valence-corrected chi connectivity index (χ1v) is 16.6. The summed E-state index contributed by atoms with van der Waals surface area (Å²) < 4.78 is 14.3. The van der Waals surface area contributed by atoms with Crippen LogP contribution >= 0.6 is 0 Å². The molecule has 3 N–H and O–H groups in total. The molecule has 47 heavy (non-hydrogen) atoms. The Balaban J connectivity index is 1.65. The van der Waals surface area contributed by atoms with E-state index in [0.29, 0.717) is 67.9 Å². The van der Waals surface area contributed by atoms with E-state index < -0.39 is 12.2 Å². The third-order valence-corrected chi connectivity index (χ3v) is 8.31. The van der Waals surface area contributed by atoms with Crippen LogP contribution in [0, 0.1) is 5.92 Å². The number of amides is 3. The molecule has 1 heterocycles. The average Bonchev–Trinajstić information content (AvgIpc) is 3.07. The minimum Gasteiger partial charge on any atom is -0.354 e. The van der Waals surface area contributed by atoms with Gasteiger partial charge in [-0.05, 0) is 66.5 Å². The van der Waals surface area contributed by atoms with Gasteiger partial charge in [-0.1, -0.05) is 75.4 Å². The van der Waals surface area contributed by atoms with E-state index in [1.165, 1.54) is 4.90 Å². The minimum atomic E-state index is -1.06. The number of nitrogens with zero attached hydrogens (tertiary/aromatic N) is 2. The van der Waals surface area contributed by atoms with Crippen molar-refractivity contribution in [2.45, 2.75) is 64.7 Å². The number of hydrogen-bond acceptors (Lipinski definition) is 5. The summed E-state index contributed by atoms with van der Waals surface area (Å²) in [5.74, 6) is -0.372. The smallest absolute Gasteiger partial charge is 0.253 e. The van der Waals surface area contributed by atoms with Gasteiger partial charge in [-0.25, -0.2) is 4.39 Å². The number of piperidine rings is 1. The maximum atomic E-state index is 14.3. The Morgan fingerprint density at radius 3 is 2.43 bits per heavy atom. The van der Waals surface area contributed by atoms with Gasteiger partial charge >= 0.3 is 0 Å². The summed E-state index contributed by atoms with van der Waals surface area (Å²) in [4.78, 5) is 46.3. The van der Waals surface area contributed by atoms with Crippen LogP contribution in [0.4, 0.5) is 4.39 Å². The van der Waals surface area contributed by atoms with Gasteiger partial charge in [0.1, 0.15) is 6.17 Å². The minimum absolute atomic E-state index is 0.0395. The highest BCUT2D eigenvalue weighted by atomic mass is 19.1. The van der Waals surface area contributed by atoms with E-state index in [9.17, 15) is 18.8 Å². The molecule has 1 aliphatic rings. The predicted octanol–water partition coefficient (Wildman–Crippen LogP) is 5.46. The zero-order valence-electron chi connectivity index (χ0n) is 28.0. The van der Waals surface area contributed by atoms with Crippen molar-refractivity contribution in [1.82, 2.24) is 20.9 Å². The fourth-order valence-electron chi connectivity index (χ4n) is 5.82. The molecule has 3 aromatic carbocycles. The van der Waals surface area contributed by atoms with Crippen LogP contribution in [0.5, 0.6) is 0 Å². The monoisotopic (exact) mass is 641 g/mol. The quantitative estimate of drug-likeness (QED) is 0.204. The number of halogens is 1. The molecule has 1 unspecified atom stereocenters. The first-order valence-electron chi connectivity index (χ1n) is 16.6. The van der Waals surface area contributed by atoms with Crippen molar-refractivity contribution in [1.29, 1.82) is 0 Å². The second-order valence-corrected chi connectivity index (χ2v) is 12.6. The lowest BCUT2D eigenvalue weighted by Gasteiger charge is -2.29. The number of carbonyl (C=O) groups is 3. The molecular formula is C38H48FN5O3. The van der Waals surface area contributed by atoms with Crippen molar-refractivity contribution >= 4 is 23.9 Å². The third kappa shape index (κ3) is 10.3. The van der Waals surface area contributed by atoms with Gasteiger partial charge in [-0.3, -0.25) is 19.4 Å². The fraction of sp³-hybridized carbons (Fsp3) is 0.421. The topological polar surface area (TPSA) is 103 Å². The molecule has 0 radical (unpaired) electrons. The van der Waals surface area contributed by atoms with Gasteiger partial charge in [-0.15, -0.1) is 0 Å². The van der Waals surface area contributed by atoms with E-state index in [1.807, 2.05) is 75.4 Å². The van der Waals surface area contributed by atoms with Crippen LogP contribution in [0.2, 0.25) is 0 Å². The Hall–Kier alpha value is -4.37. The number of hydrogen-bond donors (Lipinski definition) is 3. The highest BCUT2D eigenvalue weighted by molar-refractivity contribution is 6.02. The molecule has 0 aromatic heterocycles. The Kier molecular flexibility index (Phi) is 13.2. The number of carbonyl (C=O) groups excluding carboxylic acids is 3. The van der Waals surface area contributed by atoms with Gasteiger partial charge in [0.2, 0.25) is 5.91 Å². The van der Waals surface area contributed by atoms with Crippen molar-refractivity contribution in [3.63, 3.8) is 0 Å². The largest absolute Gasteiger partial charge is 0.354 e. The standard InChI is InChI=1S/C38H48FN5O3/c1-5-35(37(46)42-22-26(2)3)41-24-33(18-27-12-7-6-8-13-27)43-36(45)30-19-29(34-16-10-9-14-28(34)23-40-4)20-31(21-30)38(47)44-17-11-15-32(39)25-44/h6-10,12-14,16,19-21,23,26,32-33,35,41H,5,11,15,17-18,22,24-25H2,1-4H3,(H,42,46)(H,43,45)/t32?,33-,35-/m0/s1. The Morgan fingerprint density at radius 1 is 1.00 bits per heavy atom. The van der Waals surface area contributed by atoms with Crippen molar-refractivity contribution in [3.05, 3.63) is 95.1 Å². The second-order valence-electron chi connectivity index (χ2n) is 12.6. The molecule has 3 aromatic rings. The molecule has 1 saturated heterocycles. The fourth-order valence-corrected chi connectivity index (χ4v) is 5.82. The summed E-state index contributed by atoms with van der Waals surface area (Å²) >= 11 is 0. The molecule has 250 valence electrons. The van der Waals surface area contributed by atoms with E-state index in [4.69, 9.17) is 0 Å². The highest BCUT2D eigenvalue weighted by Crippen LogP contribution is 2.27. The van der Waals surface area contributed by atoms with Gasteiger partial charge in [0.15, 0.2) is 0 Å². The Labute approximate surface area is 278 Å². The molecular weight excluding hydrogens is 593 g/mol. The summed E-state index contributed by atoms with van der Waals surface area (Å²) in [5, 5.41) is 9.54. The maximum Gasteiger partial charge on any atom is 0.253 e. The van der Waals surface area contributed by atoms with Crippen LogP contribution in [0.15, 0.2) is 77.8 Å². The summed E-state index contributed by atoms with van der Waals surface area (Å²) in [6, 6.07) is 21.9. The number of benzene rings is 3. The zero-order valence-corrected chi connectivity index (χ0v) is 28.0. The lowest BCUT2D eigenvalue weighted by molar-refractivity contribution is -0.123. The second kappa shape index (κ2) is 17.5. The number of aliphatic imine (C=N–C) groups is 1. The number of alkyl halides is 1. The molecule has 1 aliphatic heterocycles. The lowest BCUT2D eigenvalue weighted by Crippen LogP contribution is -2.50. The summed E-state index contributed by atoms with van der Waals surface area (Å²) in [7, 11) is 1.69. The Bertz CT molecular complexity index is 1530. The number of nitrogens with one attached hydrogen (secondary N) is 3. The molecule has 0 aliphatic carbocycles. The molecule has 0 spiro atoms. The lowest BCUT2D eigenvalue weighted by atomic mass is 9.95. The van der Waals surface area contributed by atoms with Gasteiger partial charge in [0.25, 0.3) is 11.8 Å². The van der Waals surface area contributed by atoms with Crippen LogP contribution < -0.4 is 16.0 Å².